The molecular formula is C15H21N5. The summed E-state index contributed by atoms with van der Waals surface area (Å²) < 4.78 is 2.01. The van der Waals surface area contributed by atoms with E-state index < -0.39 is 0 Å². The summed E-state index contributed by atoms with van der Waals surface area (Å²) in [5.74, 6) is 1.59. The van der Waals surface area contributed by atoms with E-state index in [0.717, 1.165) is 37.6 Å². The average Bonchev–Trinajstić information content (AvgIpc) is 2.98. The molecule has 1 aromatic carbocycles. The third-order valence-corrected chi connectivity index (χ3v) is 3.67. The second-order valence-corrected chi connectivity index (χ2v) is 5.81. The zero-order chi connectivity index (χ0) is 14.1. The van der Waals surface area contributed by atoms with Crippen molar-refractivity contribution in [2.24, 2.45) is 5.92 Å². The van der Waals surface area contributed by atoms with Gasteiger partial charge in [0.05, 0.1) is 6.54 Å². The molecule has 1 aromatic heterocycles. The Kier molecular flexibility index (Phi) is 3.34. The topological polar surface area (TPSA) is 60.0 Å². The first-order chi connectivity index (χ1) is 9.63. The summed E-state index contributed by atoms with van der Waals surface area (Å²) in [7, 11) is 0. The Balaban J connectivity index is 1.81. The second kappa shape index (κ2) is 5.15. The number of anilines is 2. The molecule has 3 rings (SSSR count). The lowest BCUT2D eigenvalue weighted by Gasteiger charge is -2.20. The number of nitrogen functional groups attached to an aromatic ring is 1. The van der Waals surface area contributed by atoms with Gasteiger partial charge in [-0.15, -0.1) is 0 Å². The number of nitrogens with zero attached hydrogens (tertiary/aromatic N) is 4. The highest BCUT2D eigenvalue weighted by Crippen LogP contribution is 2.30. The molecular weight excluding hydrogens is 250 g/mol. The Hall–Kier alpha value is -2.04. The minimum atomic E-state index is 0.567. The van der Waals surface area contributed by atoms with E-state index in [1.807, 2.05) is 10.7 Å². The standard InChI is InChI=1S/C15H21N5/c1-11(2)8-20-15(17-10-18-20)9-19-6-5-12-3-4-13(16)7-14(12)19/h3-4,7,10-11H,5-6,8-9,16H2,1-2H3. The Morgan fingerprint density at radius 3 is 3.00 bits per heavy atom. The number of fused-ring (bicyclic) bond motifs is 1. The van der Waals surface area contributed by atoms with Gasteiger partial charge in [0.2, 0.25) is 0 Å². The summed E-state index contributed by atoms with van der Waals surface area (Å²) in [6, 6.07) is 6.17. The van der Waals surface area contributed by atoms with E-state index in [9.17, 15) is 0 Å². The van der Waals surface area contributed by atoms with Crippen molar-refractivity contribution >= 4 is 11.4 Å². The molecule has 0 saturated carbocycles. The third kappa shape index (κ3) is 2.48. The van der Waals surface area contributed by atoms with E-state index in [4.69, 9.17) is 5.73 Å². The van der Waals surface area contributed by atoms with Gasteiger partial charge in [0.1, 0.15) is 12.2 Å². The van der Waals surface area contributed by atoms with Gasteiger partial charge in [-0.2, -0.15) is 5.10 Å². The van der Waals surface area contributed by atoms with E-state index >= 15 is 0 Å². The van der Waals surface area contributed by atoms with Gasteiger partial charge in [-0.05, 0) is 30.0 Å². The number of rotatable bonds is 4. The summed E-state index contributed by atoms with van der Waals surface area (Å²) in [5, 5.41) is 4.33. The minimum absolute atomic E-state index is 0.567. The summed E-state index contributed by atoms with van der Waals surface area (Å²) in [6.45, 7) is 7.11. The minimum Gasteiger partial charge on any atom is -0.399 e. The molecule has 5 heteroatoms. The molecule has 2 heterocycles. The molecule has 2 N–H and O–H groups in total. The van der Waals surface area contributed by atoms with Crippen molar-refractivity contribution in [3.63, 3.8) is 0 Å². The first-order valence-electron chi connectivity index (χ1n) is 7.13. The first kappa shape index (κ1) is 13.0. The van der Waals surface area contributed by atoms with Crippen molar-refractivity contribution in [2.75, 3.05) is 17.2 Å². The maximum atomic E-state index is 5.90. The fraction of sp³-hybridized carbons (Fsp3) is 0.467. The molecule has 1 aliphatic rings. The molecule has 0 aliphatic carbocycles. The molecule has 5 nitrogen and oxygen atoms in total. The Morgan fingerprint density at radius 1 is 1.35 bits per heavy atom. The van der Waals surface area contributed by atoms with Gasteiger partial charge in [-0.1, -0.05) is 19.9 Å². The number of benzene rings is 1. The SMILES string of the molecule is CC(C)Cn1ncnc1CN1CCc2ccc(N)cc21. The predicted octanol–water partition coefficient (Wildman–Crippen LogP) is 2.08. The highest BCUT2D eigenvalue weighted by molar-refractivity contribution is 5.64. The maximum Gasteiger partial charge on any atom is 0.146 e. The number of aromatic nitrogens is 3. The Bertz CT molecular complexity index is 602. The van der Waals surface area contributed by atoms with Gasteiger partial charge in [0.25, 0.3) is 0 Å². The quantitative estimate of drug-likeness (QED) is 0.865. The normalized spacial score (nSPS) is 14.1. The molecule has 0 bridgehead atoms. The first-order valence-corrected chi connectivity index (χ1v) is 7.13. The molecule has 0 amide bonds. The molecule has 0 fully saturated rings. The van der Waals surface area contributed by atoms with Crippen LogP contribution in [0.2, 0.25) is 0 Å². The molecule has 1 aliphatic heterocycles. The van der Waals surface area contributed by atoms with Crippen molar-refractivity contribution < 1.29 is 0 Å². The summed E-state index contributed by atoms with van der Waals surface area (Å²) in [6.07, 6.45) is 2.72. The van der Waals surface area contributed by atoms with E-state index in [2.05, 4.69) is 41.0 Å². The van der Waals surface area contributed by atoms with Crippen molar-refractivity contribution in [1.82, 2.24) is 14.8 Å². The fourth-order valence-electron chi connectivity index (χ4n) is 2.71. The van der Waals surface area contributed by atoms with Crippen LogP contribution in [-0.2, 0) is 19.5 Å². The van der Waals surface area contributed by atoms with Crippen molar-refractivity contribution in [3.8, 4) is 0 Å². The van der Waals surface area contributed by atoms with Crippen LogP contribution < -0.4 is 10.6 Å². The fourth-order valence-corrected chi connectivity index (χ4v) is 2.71. The highest BCUT2D eigenvalue weighted by atomic mass is 15.3. The number of hydrogen-bond donors (Lipinski definition) is 1. The van der Waals surface area contributed by atoms with Crippen molar-refractivity contribution in [3.05, 3.63) is 35.9 Å². The largest absolute Gasteiger partial charge is 0.399 e. The lowest BCUT2D eigenvalue weighted by Crippen LogP contribution is -2.23. The van der Waals surface area contributed by atoms with Crippen molar-refractivity contribution in [1.29, 1.82) is 0 Å². The average molecular weight is 271 g/mol. The lowest BCUT2D eigenvalue weighted by atomic mass is 10.1. The van der Waals surface area contributed by atoms with Crippen LogP contribution in [0.4, 0.5) is 11.4 Å². The number of hydrogen-bond acceptors (Lipinski definition) is 4. The van der Waals surface area contributed by atoms with E-state index in [1.54, 1.807) is 6.33 Å². The van der Waals surface area contributed by atoms with Crippen LogP contribution in [0.5, 0.6) is 0 Å². The van der Waals surface area contributed by atoms with E-state index in [-0.39, 0.29) is 0 Å². The second-order valence-electron chi connectivity index (χ2n) is 5.81. The predicted molar refractivity (Wildman–Crippen MR) is 80.5 cm³/mol. The van der Waals surface area contributed by atoms with Gasteiger partial charge in [0.15, 0.2) is 0 Å². The van der Waals surface area contributed by atoms with E-state index in [1.165, 1.54) is 11.3 Å². The van der Waals surface area contributed by atoms with Gasteiger partial charge in [-0.25, -0.2) is 9.67 Å². The van der Waals surface area contributed by atoms with Crippen LogP contribution in [-0.4, -0.2) is 21.3 Å². The lowest BCUT2D eigenvalue weighted by molar-refractivity contribution is 0.464. The van der Waals surface area contributed by atoms with Crippen LogP contribution in [0.15, 0.2) is 24.5 Å². The molecule has 0 atom stereocenters. The molecule has 0 unspecified atom stereocenters. The van der Waals surface area contributed by atoms with Gasteiger partial charge >= 0.3 is 0 Å². The summed E-state index contributed by atoms with van der Waals surface area (Å²) in [4.78, 5) is 6.75. The molecule has 2 aromatic rings. The monoisotopic (exact) mass is 271 g/mol. The van der Waals surface area contributed by atoms with Crippen LogP contribution in [0.3, 0.4) is 0 Å². The zero-order valence-electron chi connectivity index (χ0n) is 12.1. The molecule has 106 valence electrons. The van der Waals surface area contributed by atoms with Crippen LogP contribution in [0, 0.1) is 5.92 Å². The molecule has 0 spiro atoms. The zero-order valence-corrected chi connectivity index (χ0v) is 12.1. The van der Waals surface area contributed by atoms with Crippen LogP contribution in [0.25, 0.3) is 0 Å². The number of nitrogens with two attached hydrogens (primary N) is 1. The summed E-state index contributed by atoms with van der Waals surface area (Å²) in [5.41, 5.74) is 9.33. The molecule has 0 radical (unpaired) electrons. The molecule has 0 saturated heterocycles. The van der Waals surface area contributed by atoms with Gasteiger partial charge in [0, 0.05) is 24.5 Å². The summed E-state index contributed by atoms with van der Waals surface area (Å²) >= 11 is 0. The van der Waals surface area contributed by atoms with Crippen LogP contribution in [0.1, 0.15) is 25.2 Å². The Labute approximate surface area is 119 Å². The Morgan fingerprint density at radius 2 is 2.20 bits per heavy atom. The smallest absolute Gasteiger partial charge is 0.146 e. The third-order valence-electron chi connectivity index (χ3n) is 3.67. The maximum absolute atomic E-state index is 5.90. The molecule has 20 heavy (non-hydrogen) atoms. The van der Waals surface area contributed by atoms with Crippen molar-refractivity contribution in [2.45, 2.75) is 33.4 Å². The highest BCUT2D eigenvalue weighted by Gasteiger charge is 2.21. The van der Waals surface area contributed by atoms with Gasteiger partial charge < -0.3 is 10.6 Å². The van der Waals surface area contributed by atoms with Crippen LogP contribution >= 0.6 is 0 Å². The van der Waals surface area contributed by atoms with E-state index in [0.29, 0.717) is 5.92 Å². The van der Waals surface area contributed by atoms with Gasteiger partial charge in [-0.3, -0.25) is 0 Å².